The fourth-order valence-corrected chi connectivity index (χ4v) is 8.13. The number of aryl methyl sites for hydroxylation is 1. The first kappa shape index (κ1) is 26.3. The molecule has 2 heterocycles. The fraction of sp³-hybridized carbons (Fsp3) is 0.333. The first-order valence-electron chi connectivity index (χ1n) is 12.6. The van der Waals surface area contributed by atoms with E-state index in [1.165, 1.54) is 6.07 Å². The largest absolute Gasteiger partial charge is 0.368 e. The third-order valence-electron chi connectivity index (χ3n) is 6.84. The van der Waals surface area contributed by atoms with Crippen molar-refractivity contribution in [3.05, 3.63) is 77.9 Å². The highest BCUT2D eigenvalue weighted by Gasteiger charge is 2.41. The molecule has 0 saturated carbocycles. The van der Waals surface area contributed by atoms with Gasteiger partial charge in [0.15, 0.2) is 9.84 Å². The molecule has 2 aliphatic rings. The zero-order valence-electron chi connectivity index (χ0n) is 20.8. The summed E-state index contributed by atoms with van der Waals surface area (Å²) in [6.07, 6.45) is 0.919. The maximum absolute atomic E-state index is 13.5. The minimum Gasteiger partial charge on any atom is -0.368 e. The molecule has 3 aromatic rings. The molecule has 200 valence electrons. The number of nitrogens with zero attached hydrogens (tertiary/aromatic N) is 2. The number of sulfonamides is 1. The van der Waals surface area contributed by atoms with Crippen LogP contribution in [0, 0.1) is 0 Å². The second-order valence-electron chi connectivity index (χ2n) is 9.50. The van der Waals surface area contributed by atoms with Crippen molar-refractivity contribution in [1.82, 2.24) is 14.9 Å². The zero-order chi connectivity index (χ0) is 26.8. The zero-order valence-corrected chi connectivity index (χ0v) is 22.5. The second kappa shape index (κ2) is 10.8. The number of carbonyl (C=O) groups excluding carboxylic acids is 1. The van der Waals surface area contributed by atoms with Crippen molar-refractivity contribution in [2.24, 2.45) is 4.99 Å². The average Bonchev–Trinajstić information content (AvgIpc) is 3.45. The Balaban J connectivity index is 1.26. The number of amidine groups is 1. The highest BCUT2D eigenvalue weighted by molar-refractivity contribution is 7.91. The van der Waals surface area contributed by atoms with E-state index in [2.05, 4.69) is 15.6 Å². The lowest BCUT2D eigenvalue weighted by atomic mass is 10.1. The van der Waals surface area contributed by atoms with E-state index in [1.807, 2.05) is 48.5 Å². The van der Waals surface area contributed by atoms with Gasteiger partial charge in [-0.2, -0.15) is 4.31 Å². The SMILES string of the molecule is O=C1NCCN(S(=O)(=O)c2ccc3ccccc3c2)[C@@H]1CS(=O)(=O)CCCc1ccc(C2=NCCN2)cc1. The van der Waals surface area contributed by atoms with Crippen LogP contribution in [0.5, 0.6) is 0 Å². The van der Waals surface area contributed by atoms with Crippen molar-refractivity contribution in [1.29, 1.82) is 0 Å². The van der Waals surface area contributed by atoms with E-state index < -0.39 is 37.6 Å². The highest BCUT2D eigenvalue weighted by Crippen LogP contribution is 2.25. The summed E-state index contributed by atoms with van der Waals surface area (Å²) < 4.78 is 54.1. The van der Waals surface area contributed by atoms with Crippen LogP contribution in [0.15, 0.2) is 76.6 Å². The molecule has 0 unspecified atom stereocenters. The second-order valence-corrected chi connectivity index (χ2v) is 13.6. The predicted molar refractivity (Wildman–Crippen MR) is 147 cm³/mol. The number of nitrogens with one attached hydrogen (secondary N) is 2. The number of amides is 1. The molecule has 1 fully saturated rings. The van der Waals surface area contributed by atoms with Gasteiger partial charge in [-0.25, -0.2) is 16.8 Å². The van der Waals surface area contributed by atoms with Crippen LogP contribution < -0.4 is 10.6 Å². The lowest BCUT2D eigenvalue weighted by molar-refractivity contribution is -0.126. The van der Waals surface area contributed by atoms with Gasteiger partial charge in [-0.3, -0.25) is 9.79 Å². The van der Waals surface area contributed by atoms with Crippen molar-refractivity contribution in [3.63, 3.8) is 0 Å². The van der Waals surface area contributed by atoms with Gasteiger partial charge in [0, 0.05) is 25.2 Å². The van der Waals surface area contributed by atoms with E-state index in [-0.39, 0.29) is 23.7 Å². The van der Waals surface area contributed by atoms with Gasteiger partial charge in [-0.15, -0.1) is 0 Å². The molecule has 0 bridgehead atoms. The van der Waals surface area contributed by atoms with Gasteiger partial charge in [0.2, 0.25) is 15.9 Å². The van der Waals surface area contributed by atoms with E-state index in [0.29, 0.717) is 12.8 Å². The number of hydrogen-bond donors (Lipinski definition) is 2. The molecule has 9 nitrogen and oxygen atoms in total. The molecule has 0 spiro atoms. The predicted octanol–water partition coefficient (Wildman–Crippen LogP) is 1.73. The summed E-state index contributed by atoms with van der Waals surface area (Å²) in [5.74, 6) is -0.427. The number of benzene rings is 3. The normalized spacial score (nSPS) is 18.7. The minimum atomic E-state index is -4.09. The third-order valence-corrected chi connectivity index (χ3v) is 10.5. The Bertz CT molecular complexity index is 1590. The summed E-state index contributed by atoms with van der Waals surface area (Å²) in [6, 6.07) is 18.7. The standard InChI is InChI=1S/C27H30N4O5S2/c32-27-25(19-37(33,34)17-3-4-20-7-9-22(10-8-20)26-28-13-14-29-26)31(16-15-30-27)38(35,36)24-12-11-21-5-1-2-6-23(21)18-24/h1-2,5-12,18,25H,3-4,13-17,19H2,(H,28,29)(H,30,32)/t25-/m1/s1. The van der Waals surface area contributed by atoms with Crippen LogP contribution in [0.3, 0.4) is 0 Å². The molecule has 1 amide bonds. The summed E-state index contributed by atoms with van der Waals surface area (Å²) in [5, 5.41) is 7.48. The minimum absolute atomic E-state index is 0.00752. The Hall–Kier alpha value is -3.28. The van der Waals surface area contributed by atoms with Crippen LogP contribution in [0.4, 0.5) is 0 Å². The van der Waals surface area contributed by atoms with E-state index in [9.17, 15) is 21.6 Å². The van der Waals surface area contributed by atoms with Crippen LogP contribution in [0.2, 0.25) is 0 Å². The molecule has 0 radical (unpaired) electrons. The summed E-state index contributed by atoms with van der Waals surface area (Å²) in [4.78, 5) is 17.1. The van der Waals surface area contributed by atoms with Gasteiger partial charge in [0.25, 0.3) is 0 Å². The van der Waals surface area contributed by atoms with Gasteiger partial charge in [-0.1, -0.05) is 54.6 Å². The molecular formula is C27H30N4O5S2. The number of hydrogen-bond acceptors (Lipinski definition) is 7. The van der Waals surface area contributed by atoms with Crippen molar-refractivity contribution < 1.29 is 21.6 Å². The number of fused-ring (bicyclic) bond motifs is 1. The first-order valence-corrected chi connectivity index (χ1v) is 15.9. The molecule has 3 aromatic carbocycles. The third kappa shape index (κ3) is 5.74. The Morgan fingerprint density at radius 1 is 0.895 bits per heavy atom. The van der Waals surface area contributed by atoms with Crippen LogP contribution in [-0.4, -0.2) is 76.6 Å². The average molecular weight is 555 g/mol. The van der Waals surface area contributed by atoms with Gasteiger partial charge in [-0.05, 0) is 41.3 Å². The number of aliphatic imine (C=N–C) groups is 1. The molecule has 2 aliphatic heterocycles. The maximum atomic E-state index is 13.5. The smallest absolute Gasteiger partial charge is 0.243 e. The lowest BCUT2D eigenvalue weighted by Gasteiger charge is -2.33. The number of sulfone groups is 1. The van der Waals surface area contributed by atoms with Gasteiger partial charge in [0.05, 0.1) is 22.9 Å². The summed E-state index contributed by atoms with van der Waals surface area (Å²) in [7, 11) is -7.80. The lowest BCUT2D eigenvalue weighted by Crippen LogP contribution is -2.59. The molecule has 38 heavy (non-hydrogen) atoms. The van der Waals surface area contributed by atoms with Crippen molar-refractivity contribution >= 4 is 42.4 Å². The van der Waals surface area contributed by atoms with Gasteiger partial charge in [0.1, 0.15) is 11.9 Å². The number of carbonyl (C=O) groups is 1. The molecular weight excluding hydrogens is 524 g/mol. The van der Waals surface area contributed by atoms with Gasteiger partial charge >= 0.3 is 0 Å². The summed E-state index contributed by atoms with van der Waals surface area (Å²) in [5.41, 5.74) is 1.99. The summed E-state index contributed by atoms with van der Waals surface area (Å²) in [6.45, 7) is 1.72. The topological polar surface area (TPSA) is 125 Å². The highest BCUT2D eigenvalue weighted by atomic mass is 32.2. The first-order chi connectivity index (χ1) is 18.2. The molecule has 0 aliphatic carbocycles. The molecule has 1 atom stereocenters. The fourth-order valence-electron chi connectivity index (χ4n) is 4.84. The van der Waals surface area contributed by atoms with Crippen LogP contribution in [0.25, 0.3) is 10.8 Å². The van der Waals surface area contributed by atoms with E-state index >= 15 is 0 Å². The molecule has 2 N–H and O–H groups in total. The molecule has 1 saturated heterocycles. The van der Waals surface area contributed by atoms with E-state index in [0.717, 1.165) is 45.1 Å². The van der Waals surface area contributed by atoms with Crippen LogP contribution in [-0.2, 0) is 31.1 Å². The van der Waals surface area contributed by atoms with Gasteiger partial charge < -0.3 is 10.6 Å². The Kier molecular flexibility index (Phi) is 7.51. The van der Waals surface area contributed by atoms with E-state index in [4.69, 9.17) is 0 Å². The van der Waals surface area contributed by atoms with Crippen LogP contribution >= 0.6 is 0 Å². The summed E-state index contributed by atoms with van der Waals surface area (Å²) >= 11 is 0. The Morgan fingerprint density at radius 3 is 2.39 bits per heavy atom. The van der Waals surface area contributed by atoms with Crippen molar-refractivity contribution in [2.75, 3.05) is 37.7 Å². The quantitative estimate of drug-likeness (QED) is 0.415. The number of rotatable bonds is 9. The Labute approximate surface area is 222 Å². The van der Waals surface area contributed by atoms with Crippen molar-refractivity contribution in [3.8, 4) is 0 Å². The Morgan fingerprint density at radius 2 is 1.66 bits per heavy atom. The molecule has 11 heteroatoms. The molecule has 5 rings (SSSR count). The molecule has 0 aromatic heterocycles. The maximum Gasteiger partial charge on any atom is 0.243 e. The van der Waals surface area contributed by atoms with E-state index in [1.54, 1.807) is 12.1 Å². The van der Waals surface area contributed by atoms with Crippen LogP contribution in [0.1, 0.15) is 17.5 Å². The number of piperazine rings is 1. The van der Waals surface area contributed by atoms with Crippen molar-refractivity contribution in [2.45, 2.75) is 23.8 Å². The monoisotopic (exact) mass is 554 g/mol.